The van der Waals surface area contributed by atoms with E-state index in [0.29, 0.717) is 13.0 Å². The van der Waals surface area contributed by atoms with E-state index in [1.165, 1.54) is 6.92 Å². The minimum Gasteiger partial charge on any atom is -0.354 e. The topological polar surface area (TPSA) is 75.3 Å². The second-order valence-corrected chi connectivity index (χ2v) is 7.66. The molecule has 2 rings (SSSR count). The molecular weight excluding hydrogens is 339 g/mol. The van der Waals surface area contributed by atoms with Crippen LogP contribution < -0.4 is 10.0 Å². The lowest BCUT2D eigenvalue weighted by Crippen LogP contribution is -2.45. The van der Waals surface area contributed by atoms with Crippen molar-refractivity contribution in [3.8, 4) is 0 Å². The van der Waals surface area contributed by atoms with Crippen molar-refractivity contribution in [3.63, 3.8) is 0 Å². The molecule has 0 aliphatic heterocycles. The molecule has 0 spiro atoms. The van der Waals surface area contributed by atoms with Gasteiger partial charge >= 0.3 is 0 Å². The van der Waals surface area contributed by atoms with Gasteiger partial charge in [-0.2, -0.15) is 4.72 Å². The van der Waals surface area contributed by atoms with Crippen LogP contribution in [0.3, 0.4) is 0 Å². The van der Waals surface area contributed by atoms with E-state index < -0.39 is 27.8 Å². The van der Waals surface area contributed by atoms with Gasteiger partial charge in [-0.05, 0) is 49.1 Å². The fourth-order valence-electron chi connectivity index (χ4n) is 1.88. The molecule has 0 unspecified atom stereocenters. The highest BCUT2D eigenvalue weighted by Crippen LogP contribution is 2.10. The van der Waals surface area contributed by atoms with Crippen LogP contribution in [-0.4, -0.2) is 26.9 Å². The third kappa shape index (κ3) is 5.12. The van der Waals surface area contributed by atoms with Crippen LogP contribution in [0.5, 0.6) is 0 Å². The van der Waals surface area contributed by atoms with Gasteiger partial charge in [-0.1, -0.05) is 6.07 Å². The molecule has 8 heteroatoms. The van der Waals surface area contributed by atoms with Crippen LogP contribution in [0.15, 0.2) is 46.7 Å². The summed E-state index contributed by atoms with van der Waals surface area (Å²) in [5.41, 5.74) is 0. The molecule has 2 N–H and O–H groups in total. The Morgan fingerprint density at radius 3 is 2.57 bits per heavy atom. The average Bonchev–Trinajstić information content (AvgIpc) is 3.00. The zero-order valence-corrected chi connectivity index (χ0v) is 14.1. The van der Waals surface area contributed by atoms with Crippen LogP contribution in [0.1, 0.15) is 11.8 Å². The molecule has 124 valence electrons. The number of amides is 1. The first-order chi connectivity index (χ1) is 10.9. The van der Waals surface area contributed by atoms with Gasteiger partial charge in [-0.15, -0.1) is 11.3 Å². The molecule has 0 aliphatic rings. The first kappa shape index (κ1) is 17.6. The zero-order valence-electron chi connectivity index (χ0n) is 12.5. The Bertz CT molecular complexity index is 744. The van der Waals surface area contributed by atoms with E-state index in [4.69, 9.17) is 0 Å². The Morgan fingerprint density at radius 1 is 1.26 bits per heavy atom. The molecule has 0 radical (unpaired) electrons. The van der Waals surface area contributed by atoms with E-state index in [-0.39, 0.29) is 4.90 Å². The maximum Gasteiger partial charge on any atom is 0.241 e. The van der Waals surface area contributed by atoms with E-state index >= 15 is 0 Å². The molecule has 1 aromatic heterocycles. The second-order valence-electron chi connectivity index (χ2n) is 4.92. The standard InChI is InChI=1S/C15H17FN2O3S2/c1-11(15(19)17-9-8-13-3-2-10-22-13)18-23(20,21)14-6-4-12(16)5-7-14/h2-7,10-11,18H,8-9H2,1H3,(H,17,19)/t11-/m1/s1. The Morgan fingerprint density at radius 2 is 1.96 bits per heavy atom. The van der Waals surface area contributed by atoms with Gasteiger partial charge in [0.05, 0.1) is 10.9 Å². The van der Waals surface area contributed by atoms with Crippen molar-refractivity contribution < 1.29 is 17.6 Å². The zero-order chi connectivity index (χ0) is 16.9. The number of thiophene rings is 1. The molecule has 0 bridgehead atoms. The van der Waals surface area contributed by atoms with Crippen LogP contribution >= 0.6 is 11.3 Å². The molecule has 0 saturated heterocycles. The van der Waals surface area contributed by atoms with Crippen LogP contribution in [0.25, 0.3) is 0 Å². The summed E-state index contributed by atoms with van der Waals surface area (Å²) in [5.74, 6) is -0.935. The molecule has 2 aromatic rings. The molecule has 1 amide bonds. The van der Waals surface area contributed by atoms with E-state index in [1.807, 2.05) is 17.5 Å². The molecule has 5 nitrogen and oxygen atoms in total. The number of sulfonamides is 1. The SMILES string of the molecule is C[C@@H](NS(=O)(=O)c1ccc(F)cc1)C(=O)NCCc1cccs1. The lowest BCUT2D eigenvalue weighted by Gasteiger charge is -2.14. The maximum absolute atomic E-state index is 12.8. The largest absolute Gasteiger partial charge is 0.354 e. The highest BCUT2D eigenvalue weighted by Gasteiger charge is 2.21. The summed E-state index contributed by atoms with van der Waals surface area (Å²) in [6, 6.07) is 7.39. The lowest BCUT2D eigenvalue weighted by molar-refractivity contribution is -0.122. The van der Waals surface area contributed by atoms with Crippen LogP contribution in [-0.2, 0) is 21.2 Å². The molecule has 0 saturated carbocycles. The predicted octanol–water partition coefficient (Wildman–Crippen LogP) is 1.91. The van der Waals surface area contributed by atoms with Crippen LogP contribution in [0.4, 0.5) is 4.39 Å². The Hall–Kier alpha value is -1.77. The first-order valence-corrected chi connectivity index (χ1v) is 9.33. The number of hydrogen-bond acceptors (Lipinski definition) is 4. The summed E-state index contributed by atoms with van der Waals surface area (Å²) in [6.07, 6.45) is 0.695. The molecule has 1 atom stereocenters. The number of halogens is 1. The average molecular weight is 356 g/mol. The fraction of sp³-hybridized carbons (Fsp3) is 0.267. The van der Waals surface area contributed by atoms with Crippen molar-refractivity contribution in [1.29, 1.82) is 0 Å². The summed E-state index contributed by atoms with van der Waals surface area (Å²) in [6.45, 7) is 1.89. The summed E-state index contributed by atoms with van der Waals surface area (Å²) in [4.78, 5) is 13.0. The summed E-state index contributed by atoms with van der Waals surface area (Å²) < 4.78 is 39.3. The highest BCUT2D eigenvalue weighted by atomic mass is 32.2. The van der Waals surface area contributed by atoms with Crippen molar-refractivity contribution in [3.05, 3.63) is 52.5 Å². The fourth-order valence-corrected chi connectivity index (χ4v) is 3.80. The maximum atomic E-state index is 12.8. The van der Waals surface area contributed by atoms with Crippen molar-refractivity contribution in [2.75, 3.05) is 6.54 Å². The van der Waals surface area contributed by atoms with E-state index in [9.17, 15) is 17.6 Å². The minimum atomic E-state index is -3.86. The number of nitrogens with one attached hydrogen (secondary N) is 2. The number of hydrogen-bond donors (Lipinski definition) is 2. The predicted molar refractivity (Wildman–Crippen MR) is 87.2 cm³/mol. The second kappa shape index (κ2) is 7.67. The summed E-state index contributed by atoms with van der Waals surface area (Å²) in [5, 5.41) is 4.64. The first-order valence-electron chi connectivity index (χ1n) is 6.96. The number of carbonyl (C=O) groups is 1. The van der Waals surface area contributed by atoms with Gasteiger partial charge < -0.3 is 5.32 Å². The van der Waals surface area contributed by atoms with Gasteiger partial charge in [0.1, 0.15) is 5.82 Å². The van der Waals surface area contributed by atoms with Gasteiger partial charge in [0.25, 0.3) is 0 Å². The molecule has 23 heavy (non-hydrogen) atoms. The quantitative estimate of drug-likeness (QED) is 0.796. The number of rotatable bonds is 7. The smallest absolute Gasteiger partial charge is 0.241 e. The van der Waals surface area contributed by atoms with Crippen molar-refractivity contribution in [2.24, 2.45) is 0 Å². The Balaban J connectivity index is 1.88. The van der Waals surface area contributed by atoms with Gasteiger partial charge in [0.2, 0.25) is 15.9 Å². The van der Waals surface area contributed by atoms with Crippen LogP contribution in [0, 0.1) is 5.82 Å². The molecule has 0 aliphatic carbocycles. The Kier molecular flexibility index (Phi) is 5.86. The Labute approximate surface area is 138 Å². The molecule has 1 heterocycles. The molecule has 0 fully saturated rings. The van der Waals surface area contributed by atoms with E-state index in [0.717, 1.165) is 29.1 Å². The van der Waals surface area contributed by atoms with Crippen molar-refractivity contribution in [2.45, 2.75) is 24.3 Å². The number of carbonyl (C=O) groups excluding carboxylic acids is 1. The lowest BCUT2D eigenvalue weighted by atomic mass is 10.3. The van der Waals surface area contributed by atoms with Gasteiger partial charge in [-0.3, -0.25) is 4.79 Å². The van der Waals surface area contributed by atoms with Crippen molar-refractivity contribution >= 4 is 27.3 Å². The van der Waals surface area contributed by atoms with E-state index in [1.54, 1.807) is 11.3 Å². The van der Waals surface area contributed by atoms with Gasteiger partial charge in [-0.25, -0.2) is 12.8 Å². The van der Waals surface area contributed by atoms with Crippen molar-refractivity contribution in [1.82, 2.24) is 10.0 Å². The van der Waals surface area contributed by atoms with E-state index in [2.05, 4.69) is 10.0 Å². The third-order valence-corrected chi connectivity index (χ3v) is 5.59. The van der Waals surface area contributed by atoms with Crippen LogP contribution in [0.2, 0.25) is 0 Å². The third-order valence-electron chi connectivity index (χ3n) is 3.10. The van der Waals surface area contributed by atoms with Gasteiger partial charge in [0, 0.05) is 11.4 Å². The highest BCUT2D eigenvalue weighted by molar-refractivity contribution is 7.89. The molecule has 1 aromatic carbocycles. The van der Waals surface area contributed by atoms with Gasteiger partial charge in [0.15, 0.2) is 0 Å². The monoisotopic (exact) mass is 356 g/mol. The molecular formula is C15H17FN2O3S2. The minimum absolute atomic E-state index is 0.0860. The summed E-state index contributed by atoms with van der Waals surface area (Å²) >= 11 is 1.60. The normalized spacial score (nSPS) is 12.8. The summed E-state index contributed by atoms with van der Waals surface area (Å²) in [7, 11) is -3.86. The number of benzene rings is 1.